The molecule has 0 aliphatic carbocycles. The van der Waals surface area contributed by atoms with Crippen molar-refractivity contribution in [2.45, 2.75) is 26.9 Å². The average molecular weight is 272 g/mol. The first kappa shape index (κ1) is 12.3. The van der Waals surface area contributed by atoms with Crippen molar-refractivity contribution in [3.63, 3.8) is 0 Å². The summed E-state index contributed by atoms with van der Waals surface area (Å²) in [6.45, 7) is 5.38. The minimum Gasteiger partial charge on any atom is -0.325 e. The molecular weight excluding hydrogens is 256 g/mol. The zero-order valence-electron chi connectivity index (χ0n) is 11.1. The SMILES string of the molecule is Cc1ccc2c(c1)nc(C)n2Cc1csc(CN)n1. The third kappa shape index (κ3) is 2.27. The van der Waals surface area contributed by atoms with E-state index in [0.717, 1.165) is 34.1 Å². The van der Waals surface area contributed by atoms with Crippen LogP contribution in [0.3, 0.4) is 0 Å². The first-order chi connectivity index (χ1) is 9.17. The summed E-state index contributed by atoms with van der Waals surface area (Å²) in [4.78, 5) is 9.12. The third-order valence-electron chi connectivity index (χ3n) is 3.19. The van der Waals surface area contributed by atoms with Crippen molar-refractivity contribution in [3.8, 4) is 0 Å². The van der Waals surface area contributed by atoms with E-state index in [0.29, 0.717) is 6.54 Å². The van der Waals surface area contributed by atoms with Crippen LogP contribution in [0.25, 0.3) is 11.0 Å². The van der Waals surface area contributed by atoms with Gasteiger partial charge in [-0.3, -0.25) is 0 Å². The first-order valence-electron chi connectivity index (χ1n) is 6.24. The Hall–Kier alpha value is -1.72. The Morgan fingerprint density at radius 3 is 2.84 bits per heavy atom. The van der Waals surface area contributed by atoms with Gasteiger partial charge in [-0.05, 0) is 31.5 Å². The van der Waals surface area contributed by atoms with Gasteiger partial charge in [-0.25, -0.2) is 9.97 Å². The maximum atomic E-state index is 5.60. The van der Waals surface area contributed by atoms with Gasteiger partial charge in [0.15, 0.2) is 0 Å². The van der Waals surface area contributed by atoms with Gasteiger partial charge in [-0.2, -0.15) is 0 Å². The number of benzene rings is 1. The minimum atomic E-state index is 0.507. The minimum absolute atomic E-state index is 0.507. The summed E-state index contributed by atoms with van der Waals surface area (Å²) in [7, 11) is 0. The van der Waals surface area contributed by atoms with E-state index in [4.69, 9.17) is 5.73 Å². The lowest BCUT2D eigenvalue weighted by atomic mass is 10.2. The second-order valence-corrected chi connectivity index (χ2v) is 5.62. The van der Waals surface area contributed by atoms with Crippen molar-refractivity contribution >= 4 is 22.4 Å². The van der Waals surface area contributed by atoms with E-state index in [1.54, 1.807) is 11.3 Å². The molecule has 98 valence electrons. The van der Waals surface area contributed by atoms with Crippen molar-refractivity contribution < 1.29 is 0 Å². The molecule has 0 aliphatic rings. The van der Waals surface area contributed by atoms with Gasteiger partial charge in [0.2, 0.25) is 0 Å². The van der Waals surface area contributed by atoms with E-state index in [2.05, 4.69) is 45.0 Å². The van der Waals surface area contributed by atoms with Gasteiger partial charge in [0.1, 0.15) is 10.8 Å². The van der Waals surface area contributed by atoms with Crippen molar-refractivity contribution in [1.29, 1.82) is 0 Å². The van der Waals surface area contributed by atoms with Crippen molar-refractivity contribution in [2.24, 2.45) is 5.73 Å². The predicted octanol–water partition coefficient (Wildman–Crippen LogP) is 2.62. The smallest absolute Gasteiger partial charge is 0.107 e. The van der Waals surface area contributed by atoms with Crippen molar-refractivity contribution in [3.05, 3.63) is 45.7 Å². The number of hydrogen-bond donors (Lipinski definition) is 1. The van der Waals surface area contributed by atoms with Crippen LogP contribution in [0, 0.1) is 13.8 Å². The van der Waals surface area contributed by atoms with E-state index in [1.165, 1.54) is 5.56 Å². The van der Waals surface area contributed by atoms with E-state index < -0.39 is 0 Å². The van der Waals surface area contributed by atoms with Crippen molar-refractivity contribution in [1.82, 2.24) is 14.5 Å². The number of hydrogen-bond acceptors (Lipinski definition) is 4. The zero-order valence-corrected chi connectivity index (χ0v) is 11.9. The molecule has 3 rings (SSSR count). The maximum absolute atomic E-state index is 5.60. The maximum Gasteiger partial charge on any atom is 0.107 e. The molecule has 1 aromatic carbocycles. The van der Waals surface area contributed by atoms with Crippen LogP contribution in [-0.4, -0.2) is 14.5 Å². The number of aryl methyl sites for hydroxylation is 2. The van der Waals surface area contributed by atoms with Gasteiger partial charge < -0.3 is 10.3 Å². The van der Waals surface area contributed by atoms with Crippen LogP contribution in [0.4, 0.5) is 0 Å². The van der Waals surface area contributed by atoms with E-state index in [1.807, 2.05) is 6.92 Å². The van der Waals surface area contributed by atoms with Crippen LogP contribution < -0.4 is 5.73 Å². The number of imidazole rings is 1. The summed E-state index contributed by atoms with van der Waals surface area (Å²) in [6.07, 6.45) is 0. The fourth-order valence-electron chi connectivity index (χ4n) is 2.24. The molecule has 0 saturated carbocycles. The molecule has 0 bridgehead atoms. The van der Waals surface area contributed by atoms with Gasteiger partial charge in [-0.15, -0.1) is 11.3 Å². The summed E-state index contributed by atoms with van der Waals surface area (Å²) in [5.74, 6) is 1.02. The highest BCUT2D eigenvalue weighted by molar-refractivity contribution is 7.09. The monoisotopic (exact) mass is 272 g/mol. The Kier molecular flexibility index (Phi) is 3.08. The summed E-state index contributed by atoms with van der Waals surface area (Å²) >= 11 is 1.62. The predicted molar refractivity (Wildman–Crippen MR) is 78.3 cm³/mol. The highest BCUT2D eigenvalue weighted by Gasteiger charge is 2.09. The van der Waals surface area contributed by atoms with E-state index >= 15 is 0 Å². The molecule has 2 N–H and O–H groups in total. The van der Waals surface area contributed by atoms with Gasteiger partial charge in [-0.1, -0.05) is 6.07 Å². The van der Waals surface area contributed by atoms with Crippen LogP contribution in [0.2, 0.25) is 0 Å². The standard InChI is InChI=1S/C14H16N4S/c1-9-3-4-13-12(5-9)16-10(2)18(13)7-11-8-19-14(6-15)17-11/h3-5,8H,6-7,15H2,1-2H3. The Bertz CT molecular complexity index is 726. The summed E-state index contributed by atoms with van der Waals surface area (Å²) in [5, 5.41) is 3.05. The second-order valence-electron chi connectivity index (χ2n) is 4.67. The number of aromatic nitrogens is 3. The lowest BCUT2D eigenvalue weighted by molar-refractivity contribution is 0.765. The zero-order chi connectivity index (χ0) is 13.4. The molecule has 0 unspecified atom stereocenters. The molecule has 4 nitrogen and oxygen atoms in total. The molecule has 2 heterocycles. The van der Waals surface area contributed by atoms with Crippen LogP contribution in [-0.2, 0) is 13.1 Å². The Balaban J connectivity index is 2.02. The van der Waals surface area contributed by atoms with Crippen molar-refractivity contribution in [2.75, 3.05) is 0 Å². The van der Waals surface area contributed by atoms with E-state index in [-0.39, 0.29) is 0 Å². The molecule has 3 aromatic rings. The molecule has 0 amide bonds. The number of nitrogens with zero attached hydrogens (tertiary/aromatic N) is 3. The highest BCUT2D eigenvalue weighted by Crippen LogP contribution is 2.19. The molecule has 19 heavy (non-hydrogen) atoms. The number of rotatable bonds is 3. The topological polar surface area (TPSA) is 56.7 Å². The fourth-order valence-corrected chi connectivity index (χ4v) is 2.90. The normalized spacial score (nSPS) is 11.3. The van der Waals surface area contributed by atoms with Crippen LogP contribution >= 0.6 is 11.3 Å². The summed E-state index contributed by atoms with van der Waals surface area (Å²) < 4.78 is 2.20. The molecule has 0 aliphatic heterocycles. The molecule has 0 saturated heterocycles. The van der Waals surface area contributed by atoms with E-state index in [9.17, 15) is 0 Å². The molecule has 0 radical (unpaired) electrons. The average Bonchev–Trinajstić information content (AvgIpc) is 2.95. The molecule has 0 spiro atoms. The Morgan fingerprint density at radius 2 is 2.11 bits per heavy atom. The molecule has 5 heteroatoms. The molecular formula is C14H16N4S. The quantitative estimate of drug-likeness (QED) is 0.797. The van der Waals surface area contributed by atoms with Gasteiger partial charge in [0.05, 0.1) is 23.3 Å². The van der Waals surface area contributed by atoms with Crippen LogP contribution in [0.15, 0.2) is 23.6 Å². The largest absolute Gasteiger partial charge is 0.325 e. The third-order valence-corrected chi connectivity index (χ3v) is 4.11. The lowest BCUT2D eigenvalue weighted by Gasteiger charge is -2.04. The van der Waals surface area contributed by atoms with Crippen LogP contribution in [0.1, 0.15) is 22.1 Å². The summed E-state index contributed by atoms with van der Waals surface area (Å²) in [5.41, 5.74) is 10.1. The van der Waals surface area contributed by atoms with Gasteiger partial charge in [0, 0.05) is 11.9 Å². The summed E-state index contributed by atoms with van der Waals surface area (Å²) in [6, 6.07) is 6.36. The first-order valence-corrected chi connectivity index (χ1v) is 7.12. The number of fused-ring (bicyclic) bond motifs is 1. The van der Waals surface area contributed by atoms with Gasteiger partial charge >= 0.3 is 0 Å². The molecule has 0 atom stereocenters. The molecule has 2 aromatic heterocycles. The highest BCUT2D eigenvalue weighted by atomic mass is 32.1. The Labute approximate surface area is 115 Å². The number of thiazole rings is 1. The lowest BCUT2D eigenvalue weighted by Crippen LogP contribution is -2.03. The van der Waals surface area contributed by atoms with Gasteiger partial charge in [0.25, 0.3) is 0 Å². The molecule has 0 fully saturated rings. The Morgan fingerprint density at radius 1 is 1.26 bits per heavy atom. The second kappa shape index (κ2) is 4.75. The van der Waals surface area contributed by atoms with Crippen LogP contribution in [0.5, 0.6) is 0 Å². The number of nitrogens with two attached hydrogens (primary N) is 1. The fraction of sp³-hybridized carbons (Fsp3) is 0.286.